The van der Waals surface area contributed by atoms with Crippen molar-refractivity contribution >= 4 is 24.0 Å². The molecule has 23 heavy (non-hydrogen) atoms. The van der Waals surface area contributed by atoms with Crippen LogP contribution in [0.25, 0.3) is 18.3 Å². The lowest BCUT2D eigenvalue weighted by atomic mass is 10.2. The van der Waals surface area contributed by atoms with Crippen LogP contribution >= 0.6 is 11.3 Å². The van der Waals surface area contributed by atoms with Gasteiger partial charge in [-0.25, -0.2) is 4.68 Å². The van der Waals surface area contributed by atoms with Crippen LogP contribution in [0.5, 0.6) is 0 Å². The van der Waals surface area contributed by atoms with E-state index in [0.717, 1.165) is 21.7 Å². The molecule has 0 aliphatic carbocycles. The largest absolute Gasteiger partial charge is 0.416 e. The summed E-state index contributed by atoms with van der Waals surface area (Å²) in [6.07, 6.45) is -2.80. The molecule has 0 atom stereocenters. The van der Waals surface area contributed by atoms with Crippen molar-refractivity contribution in [2.75, 3.05) is 0 Å². The first-order valence-electron chi connectivity index (χ1n) is 6.59. The molecular weight excluding hydrogens is 325 g/mol. The standard InChI is InChI=1S/C16H11F3N2OS/c1-10-14(9-13-6-3-7-23-13)15(22)21(20-10)12-5-2-4-11(8-12)16(17,18)19/h2-9,20H,1H2/b14-9-. The highest BCUT2D eigenvalue weighted by molar-refractivity contribution is 7.10. The van der Waals surface area contributed by atoms with Gasteiger partial charge in [0.05, 0.1) is 21.8 Å². The Morgan fingerprint density at radius 2 is 2.00 bits per heavy atom. The first kappa shape index (κ1) is 15.4. The average Bonchev–Trinajstić information content (AvgIpc) is 3.10. The topological polar surface area (TPSA) is 37.8 Å². The number of aromatic nitrogens is 2. The molecule has 0 aliphatic rings. The van der Waals surface area contributed by atoms with Crippen molar-refractivity contribution in [3.8, 4) is 5.69 Å². The summed E-state index contributed by atoms with van der Waals surface area (Å²) in [4.78, 5) is 13.3. The molecule has 0 amide bonds. The van der Waals surface area contributed by atoms with Gasteiger partial charge in [0.1, 0.15) is 0 Å². The predicted octanol–water partition coefficient (Wildman–Crippen LogP) is 2.49. The van der Waals surface area contributed by atoms with Gasteiger partial charge in [0.25, 0.3) is 5.56 Å². The monoisotopic (exact) mass is 336 g/mol. The maximum atomic E-state index is 12.8. The molecule has 0 unspecified atom stereocenters. The highest BCUT2D eigenvalue weighted by Crippen LogP contribution is 2.29. The first-order chi connectivity index (χ1) is 10.9. The molecule has 0 fully saturated rings. The Kier molecular flexibility index (Phi) is 3.73. The SMILES string of the molecule is C=c1[nH]n(-c2cccc(C(F)(F)F)c2)c(=O)/c1=C\c1cccs1. The van der Waals surface area contributed by atoms with Crippen LogP contribution < -0.4 is 16.1 Å². The molecule has 0 spiro atoms. The second-order valence-electron chi connectivity index (χ2n) is 4.85. The molecule has 1 N–H and O–H groups in total. The van der Waals surface area contributed by atoms with E-state index >= 15 is 0 Å². The van der Waals surface area contributed by atoms with Gasteiger partial charge >= 0.3 is 6.18 Å². The minimum atomic E-state index is -4.47. The Balaban J connectivity index is 2.17. The molecule has 7 heteroatoms. The summed E-state index contributed by atoms with van der Waals surface area (Å²) < 4.78 is 39.5. The minimum Gasteiger partial charge on any atom is -0.291 e. The first-order valence-corrected chi connectivity index (χ1v) is 7.47. The molecule has 118 valence electrons. The van der Waals surface area contributed by atoms with E-state index in [9.17, 15) is 18.0 Å². The summed E-state index contributed by atoms with van der Waals surface area (Å²) in [5.74, 6) is 0. The number of rotatable bonds is 2. The second-order valence-corrected chi connectivity index (χ2v) is 5.83. The number of nitrogens with zero attached hydrogens (tertiary/aromatic N) is 1. The van der Waals surface area contributed by atoms with Crippen LogP contribution in [-0.2, 0) is 6.18 Å². The smallest absolute Gasteiger partial charge is 0.291 e. The molecule has 0 saturated heterocycles. The summed E-state index contributed by atoms with van der Waals surface area (Å²) in [6.45, 7) is 3.75. The van der Waals surface area contributed by atoms with Gasteiger partial charge in [0.2, 0.25) is 0 Å². The maximum Gasteiger partial charge on any atom is 0.416 e. The number of halogens is 3. The van der Waals surface area contributed by atoms with Crippen molar-refractivity contribution in [1.29, 1.82) is 0 Å². The zero-order valence-corrected chi connectivity index (χ0v) is 12.5. The van der Waals surface area contributed by atoms with Gasteiger partial charge in [0, 0.05) is 4.88 Å². The van der Waals surface area contributed by atoms with Crippen LogP contribution in [0.3, 0.4) is 0 Å². The van der Waals surface area contributed by atoms with Crippen molar-refractivity contribution in [3.63, 3.8) is 0 Å². The second kappa shape index (κ2) is 5.58. The molecule has 3 rings (SSSR count). The summed E-state index contributed by atoms with van der Waals surface area (Å²) >= 11 is 1.45. The van der Waals surface area contributed by atoms with E-state index in [-0.39, 0.29) is 5.69 Å². The van der Waals surface area contributed by atoms with Crippen LogP contribution in [0.1, 0.15) is 10.4 Å². The zero-order valence-electron chi connectivity index (χ0n) is 11.7. The van der Waals surface area contributed by atoms with Crippen molar-refractivity contribution in [2.45, 2.75) is 6.18 Å². The molecule has 0 aliphatic heterocycles. The third kappa shape index (κ3) is 3.00. The van der Waals surface area contributed by atoms with Gasteiger partial charge in [-0.05, 0) is 35.7 Å². The number of H-pyrrole nitrogens is 1. The Hall–Kier alpha value is -2.54. The Labute approximate surface area is 132 Å². The third-order valence-corrected chi connectivity index (χ3v) is 4.09. The molecule has 0 radical (unpaired) electrons. The van der Waals surface area contributed by atoms with Gasteiger partial charge in [-0.1, -0.05) is 18.7 Å². The highest BCUT2D eigenvalue weighted by atomic mass is 32.1. The Morgan fingerprint density at radius 3 is 2.65 bits per heavy atom. The third-order valence-electron chi connectivity index (χ3n) is 3.27. The fraction of sp³-hybridized carbons (Fsp3) is 0.0625. The van der Waals surface area contributed by atoms with Crippen LogP contribution in [0.2, 0.25) is 0 Å². The molecule has 0 bridgehead atoms. The van der Waals surface area contributed by atoms with Crippen molar-refractivity contribution in [2.24, 2.45) is 0 Å². The molecule has 3 aromatic rings. The number of nitrogens with one attached hydrogen (secondary N) is 1. The van der Waals surface area contributed by atoms with E-state index in [2.05, 4.69) is 11.7 Å². The molecule has 2 heterocycles. The fourth-order valence-electron chi connectivity index (χ4n) is 2.16. The van der Waals surface area contributed by atoms with E-state index in [1.165, 1.54) is 23.5 Å². The van der Waals surface area contributed by atoms with Gasteiger partial charge in [-0.2, -0.15) is 13.2 Å². The predicted molar refractivity (Wildman–Crippen MR) is 84.0 cm³/mol. The summed E-state index contributed by atoms with van der Waals surface area (Å²) in [5, 5.41) is 5.26. The molecule has 3 nitrogen and oxygen atoms in total. The minimum absolute atomic E-state index is 0.112. The maximum absolute atomic E-state index is 12.8. The highest BCUT2D eigenvalue weighted by Gasteiger charge is 2.30. The van der Waals surface area contributed by atoms with E-state index in [4.69, 9.17) is 0 Å². The Morgan fingerprint density at radius 1 is 1.22 bits per heavy atom. The Bertz CT molecular complexity index is 997. The number of alkyl halides is 3. The normalized spacial score (nSPS) is 12.7. The molecule has 0 saturated carbocycles. The number of hydrogen-bond acceptors (Lipinski definition) is 2. The van der Waals surface area contributed by atoms with Crippen LogP contribution in [-0.4, -0.2) is 9.78 Å². The molecule has 1 aromatic carbocycles. The quantitative estimate of drug-likeness (QED) is 0.767. The van der Waals surface area contributed by atoms with Crippen molar-refractivity contribution < 1.29 is 13.2 Å². The summed E-state index contributed by atoms with van der Waals surface area (Å²) in [6, 6.07) is 8.26. The lowest BCUT2D eigenvalue weighted by Gasteiger charge is -2.08. The van der Waals surface area contributed by atoms with E-state index in [1.54, 1.807) is 6.08 Å². The van der Waals surface area contributed by atoms with Crippen molar-refractivity contribution in [3.05, 3.63) is 73.1 Å². The number of benzene rings is 1. The average molecular weight is 336 g/mol. The van der Waals surface area contributed by atoms with E-state index in [1.807, 2.05) is 17.5 Å². The van der Waals surface area contributed by atoms with Gasteiger partial charge in [-0.3, -0.25) is 9.89 Å². The zero-order chi connectivity index (χ0) is 16.6. The van der Waals surface area contributed by atoms with Crippen LogP contribution in [0.15, 0.2) is 46.6 Å². The van der Waals surface area contributed by atoms with Gasteiger partial charge in [0.15, 0.2) is 0 Å². The number of aromatic amines is 1. The van der Waals surface area contributed by atoms with Crippen molar-refractivity contribution in [1.82, 2.24) is 9.78 Å². The lowest BCUT2D eigenvalue weighted by molar-refractivity contribution is -0.137. The van der Waals surface area contributed by atoms with E-state index < -0.39 is 17.3 Å². The van der Waals surface area contributed by atoms with Gasteiger partial charge < -0.3 is 0 Å². The summed E-state index contributed by atoms with van der Waals surface area (Å²) in [7, 11) is 0. The van der Waals surface area contributed by atoms with Gasteiger partial charge in [-0.15, -0.1) is 11.3 Å². The number of thiophene rings is 1. The molecule has 2 aromatic heterocycles. The lowest BCUT2D eigenvalue weighted by Crippen LogP contribution is -2.33. The summed E-state index contributed by atoms with van der Waals surface area (Å²) in [5.41, 5.74) is -1.14. The van der Waals surface area contributed by atoms with E-state index in [0.29, 0.717) is 10.6 Å². The fourth-order valence-corrected chi connectivity index (χ4v) is 2.82. The van der Waals surface area contributed by atoms with Crippen LogP contribution in [0, 0.1) is 0 Å². The molecular formula is C16H11F3N2OS. The van der Waals surface area contributed by atoms with Crippen LogP contribution in [0.4, 0.5) is 13.2 Å². The number of hydrogen-bond donors (Lipinski definition) is 1.